The standard InChI is InChI=1S/C11H17NO2/c13-10(14)2-5-12-8-9-6-11(7-9)3-1-4-11/h2,5,9,12H,1,3-4,6-8H2,(H,13,14)/b5-2+. The van der Waals surface area contributed by atoms with E-state index in [4.69, 9.17) is 5.11 Å². The van der Waals surface area contributed by atoms with Gasteiger partial charge in [0.15, 0.2) is 0 Å². The van der Waals surface area contributed by atoms with Crippen LogP contribution in [0, 0.1) is 11.3 Å². The summed E-state index contributed by atoms with van der Waals surface area (Å²) >= 11 is 0. The zero-order chi connectivity index (χ0) is 10.0. The van der Waals surface area contributed by atoms with Crippen molar-refractivity contribution in [1.29, 1.82) is 0 Å². The SMILES string of the molecule is O=C(O)/C=C/NCC1CC2(CCC2)C1. The minimum Gasteiger partial charge on any atom is -0.478 e. The van der Waals surface area contributed by atoms with Crippen LogP contribution in [0.25, 0.3) is 0 Å². The quantitative estimate of drug-likeness (QED) is 0.672. The summed E-state index contributed by atoms with van der Waals surface area (Å²) in [5.41, 5.74) is 0.725. The van der Waals surface area contributed by atoms with Gasteiger partial charge in [0.1, 0.15) is 0 Å². The summed E-state index contributed by atoms with van der Waals surface area (Å²) in [5, 5.41) is 11.4. The number of aliphatic carboxylic acids is 1. The molecule has 78 valence electrons. The van der Waals surface area contributed by atoms with E-state index in [1.807, 2.05) is 0 Å². The van der Waals surface area contributed by atoms with Crippen LogP contribution in [0.2, 0.25) is 0 Å². The smallest absolute Gasteiger partial charge is 0.329 e. The normalized spacial score (nSPS) is 24.6. The number of hydrogen-bond donors (Lipinski definition) is 2. The van der Waals surface area contributed by atoms with Crippen molar-refractivity contribution >= 4 is 5.97 Å². The Balaban J connectivity index is 1.58. The third kappa shape index (κ3) is 1.91. The van der Waals surface area contributed by atoms with E-state index in [2.05, 4.69) is 5.32 Å². The Hall–Kier alpha value is -0.990. The molecule has 0 amide bonds. The molecule has 0 aromatic rings. The highest BCUT2D eigenvalue weighted by Crippen LogP contribution is 2.58. The highest BCUT2D eigenvalue weighted by molar-refractivity contribution is 5.79. The first-order valence-electron chi connectivity index (χ1n) is 5.33. The Morgan fingerprint density at radius 1 is 1.50 bits per heavy atom. The predicted octanol–water partition coefficient (Wildman–Crippen LogP) is 1.75. The fourth-order valence-electron chi connectivity index (χ4n) is 2.76. The predicted molar refractivity (Wildman–Crippen MR) is 53.8 cm³/mol. The highest BCUT2D eigenvalue weighted by atomic mass is 16.4. The van der Waals surface area contributed by atoms with E-state index in [9.17, 15) is 4.79 Å². The van der Waals surface area contributed by atoms with Crippen LogP contribution in [0.3, 0.4) is 0 Å². The van der Waals surface area contributed by atoms with Crippen LogP contribution >= 0.6 is 0 Å². The monoisotopic (exact) mass is 195 g/mol. The average molecular weight is 195 g/mol. The molecule has 0 heterocycles. The number of carbonyl (C=O) groups is 1. The molecule has 0 aliphatic heterocycles. The molecule has 1 spiro atoms. The van der Waals surface area contributed by atoms with Crippen LogP contribution in [0.1, 0.15) is 32.1 Å². The third-order valence-electron chi connectivity index (χ3n) is 3.61. The van der Waals surface area contributed by atoms with Crippen molar-refractivity contribution < 1.29 is 9.90 Å². The maximum atomic E-state index is 10.2. The number of carboxylic acids is 1. The summed E-state index contributed by atoms with van der Waals surface area (Å²) in [7, 11) is 0. The van der Waals surface area contributed by atoms with Gasteiger partial charge in [-0.15, -0.1) is 0 Å². The zero-order valence-corrected chi connectivity index (χ0v) is 8.33. The molecule has 2 rings (SSSR count). The summed E-state index contributed by atoms with van der Waals surface area (Å²) in [6, 6.07) is 0. The molecule has 14 heavy (non-hydrogen) atoms. The van der Waals surface area contributed by atoms with Crippen molar-refractivity contribution in [2.45, 2.75) is 32.1 Å². The number of nitrogens with one attached hydrogen (secondary N) is 1. The third-order valence-corrected chi connectivity index (χ3v) is 3.61. The van der Waals surface area contributed by atoms with Crippen LogP contribution in [0.4, 0.5) is 0 Å². The lowest BCUT2D eigenvalue weighted by atomic mass is 9.52. The summed E-state index contributed by atoms with van der Waals surface area (Å²) in [5.74, 6) is -0.115. The molecule has 3 nitrogen and oxygen atoms in total. The van der Waals surface area contributed by atoms with Crippen LogP contribution in [-0.4, -0.2) is 17.6 Å². The number of carboxylic acid groups (broad SMARTS) is 1. The van der Waals surface area contributed by atoms with E-state index in [1.54, 1.807) is 0 Å². The molecule has 0 radical (unpaired) electrons. The van der Waals surface area contributed by atoms with Gasteiger partial charge in [0, 0.05) is 18.8 Å². The van der Waals surface area contributed by atoms with Crippen LogP contribution in [-0.2, 0) is 4.79 Å². The van der Waals surface area contributed by atoms with E-state index in [1.165, 1.54) is 38.3 Å². The molecule has 0 bridgehead atoms. The minimum atomic E-state index is -0.887. The van der Waals surface area contributed by atoms with Gasteiger partial charge in [0.25, 0.3) is 0 Å². The molecule has 0 aromatic heterocycles. The molecule has 0 aromatic carbocycles. The number of rotatable bonds is 4. The first kappa shape index (κ1) is 9.56. The topological polar surface area (TPSA) is 49.3 Å². The van der Waals surface area contributed by atoms with Crippen LogP contribution in [0.15, 0.2) is 12.3 Å². The summed E-state index contributed by atoms with van der Waals surface area (Å²) < 4.78 is 0. The van der Waals surface area contributed by atoms with Gasteiger partial charge >= 0.3 is 5.97 Å². The summed E-state index contributed by atoms with van der Waals surface area (Å²) in [6.07, 6.45) is 9.65. The molecule has 0 atom stereocenters. The highest BCUT2D eigenvalue weighted by Gasteiger charge is 2.47. The van der Waals surface area contributed by atoms with Gasteiger partial charge in [0.05, 0.1) is 0 Å². The van der Waals surface area contributed by atoms with Crippen molar-refractivity contribution in [2.75, 3.05) is 6.54 Å². The summed E-state index contributed by atoms with van der Waals surface area (Å²) in [6.45, 7) is 0.936. The Morgan fingerprint density at radius 2 is 2.21 bits per heavy atom. The molecule has 0 unspecified atom stereocenters. The second-order valence-corrected chi connectivity index (χ2v) is 4.71. The molecule has 2 aliphatic carbocycles. The van der Waals surface area contributed by atoms with Gasteiger partial charge in [-0.2, -0.15) is 0 Å². The lowest BCUT2D eigenvalue weighted by Gasteiger charge is -2.54. The summed E-state index contributed by atoms with van der Waals surface area (Å²) in [4.78, 5) is 10.2. The molecular formula is C11H17NO2. The zero-order valence-electron chi connectivity index (χ0n) is 8.33. The van der Waals surface area contributed by atoms with Crippen LogP contribution in [0.5, 0.6) is 0 Å². The van der Waals surface area contributed by atoms with Crippen molar-refractivity contribution in [3.05, 3.63) is 12.3 Å². The average Bonchev–Trinajstić information content (AvgIpc) is 1.96. The molecular weight excluding hydrogens is 178 g/mol. The van der Waals surface area contributed by atoms with Gasteiger partial charge in [-0.25, -0.2) is 4.79 Å². The van der Waals surface area contributed by atoms with E-state index < -0.39 is 5.97 Å². The molecule has 3 heteroatoms. The molecule has 2 aliphatic rings. The Kier molecular flexibility index (Phi) is 2.48. The van der Waals surface area contributed by atoms with E-state index >= 15 is 0 Å². The Bertz CT molecular complexity index is 248. The second kappa shape index (κ2) is 3.64. The largest absolute Gasteiger partial charge is 0.478 e. The van der Waals surface area contributed by atoms with Gasteiger partial charge < -0.3 is 10.4 Å². The van der Waals surface area contributed by atoms with E-state index in [0.29, 0.717) is 0 Å². The Morgan fingerprint density at radius 3 is 2.71 bits per heavy atom. The lowest BCUT2D eigenvalue weighted by molar-refractivity contribution is -0.131. The first-order chi connectivity index (χ1) is 6.70. The van der Waals surface area contributed by atoms with Crippen molar-refractivity contribution in [2.24, 2.45) is 11.3 Å². The first-order valence-corrected chi connectivity index (χ1v) is 5.33. The van der Waals surface area contributed by atoms with E-state index in [-0.39, 0.29) is 0 Å². The molecule has 0 saturated heterocycles. The van der Waals surface area contributed by atoms with Gasteiger partial charge in [0.2, 0.25) is 0 Å². The maximum Gasteiger partial charge on any atom is 0.329 e. The number of hydrogen-bond acceptors (Lipinski definition) is 2. The molecule has 2 N–H and O–H groups in total. The van der Waals surface area contributed by atoms with Crippen LogP contribution < -0.4 is 5.32 Å². The lowest BCUT2D eigenvalue weighted by Crippen LogP contribution is -2.45. The Labute approximate surface area is 84.2 Å². The second-order valence-electron chi connectivity index (χ2n) is 4.71. The maximum absolute atomic E-state index is 10.2. The van der Waals surface area contributed by atoms with Gasteiger partial charge in [-0.3, -0.25) is 0 Å². The minimum absolute atomic E-state index is 0.725. The van der Waals surface area contributed by atoms with Crippen molar-refractivity contribution in [1.82, 2.24) is 5.32 Å². The van der Waals surface area contributed by atoms with E-state index in [0.717, 1.165) is 24.0 Å². The van der Waals surface area contributed by atoms with Gasteiger partial charge in [-0.05, 0) is 37.0 Å². The molecule has 2 fully saturated rings. The fourth-order valence-corrected chi connectivity index (χ4v) is 2.76. The fraction of sp³-hybridized carbons (Fsp3) is 0.727. The van der Waals surface area contributed by atoms with Crippen molar-refractivity contribution in [3.63, 3.8) is 0 Å². The molecule has 2 saturated carbocycles. The van der Waals surface area contributed by atoms with Gasteiger partial charge in [-0.1, -0.05) is 6.42 Å². The van der Waals surface area contributed by atoms with Crippen molar-refractivity contribution in [3.8, 4) is 0 Å².